The fourth-order valence-corrected chi connectivity index (χ4v) is 4.03. The minimum absolute atomic E-state index is 0.202. The maximum Gasteiger partial charge on any atom is 0.191 e. The number of hydrogen-bond donors (Lipinski definition) is 2. The predicted octanol–water partition coefficient (Wildman–Crippen LogP) is 1.72. The summed E-state index contributed by atoms with van der Waals surface area (Å²) in [6.45, 7) is 9.47. The summed E-state index contributed by atoms with van der Waals surface area (Å²) < 4.78 is 11.2. The Morgan fingerprint density at radius 2 is 1.97 bits per heavy atom. The van der Waals surface area contributed by atoms with Gasteiger partial charge in [-0.15, -0.1) is 0 Å². The zero-order valence-corrected chi connectivity index (χ0v) is 18.2. The number of guanidine groups is 1. The Bertz CT molecular complexity index is 631. The lowest BCUT2D eigenvalue weighted by Gasteiger charge is -2.30. The number of aliphatic imine (C=N–C) groups is 1. The van der Waals surface area contributed by atoms with Crippen LogP contribution < -0.4 is 15.4 Å². The van der Waals surface area contributed by atoms with Crippen LogP contribution in [0, 0.1) is 0 Å². The van der Waals surface area contributed by atoms with Crippen LogP contribution in [0.2, 0.25) is 0 Å². The van der Waals surface area contributed by atoms with E-state index in [0.29, 0.717) is 0 Å². The number of nitrogens with zero attached hydrogens (tertiary/aromatic N) is 3. The van der Waals surface area contributed by atoms with E-state index >= 15 is 0 Å². The summed E-state index contributed by atoms with van der Waals surface area (Å²) >= 11 is 0. The van der Waals surface area contributed by atoms with Crippen LogP contribution in [0.3, 0.4) is 0 Å². The van der Waals surface area contributed by atoms with Crippen molar-refractivity contribution in [2.75, 3.05) is 66.6 Å². The van der Waals surface area contributed by atoms with Gasteiger partial charge in [0.15, 0.2) is 5.96 Å². The minimum Gasteiger partial charge on any atom is -0.497 e. The van der Waals surface area contributed by atoms with Crippen molar-refractivity contribution in [3.63, 3.8) is 0 Å². The van der Waals surface area contributed by atoms with E-state index in [1.54, 1.807) is 7.11 Å². The molecule has 2 heterocycles. The Morgan fingerprint density at radius 3 is 2.62 bits per heavy atom. The average Bonchev–Trinajstić information content (AvgIpc) is 3.27. The van der Waals surface area contributed by atoms with Gasteiger partial charge in [0.2, 0.25) is 0 Å². The molecule has 1 aromatic rings. The number of nitrogens with one attached hydrogen (secondary N) is 2. The van der Waals surface area contributed by atoms with Crippen molar-refractivity contribution >= 4 is 5.96 Å². The molecule has 7 nitrogen and oxygen atoms in total. The number of likely N-dealkylation sites (tertiary alicyclic amines) is 1. The zero-order valence-electron chi connectivity index (χ0n) is 18.2. The summed E-state index contributed by atoms with van der Waals surface area (Å²) in [6, 6.07) is 8.72. The number of rotatable bonds is 8. The van der Waals surface area contributed by atoms with Gasteiger partial charge in [0.1, 0.15) is 5.75 Å². The molecule has 162 valence electrons. The summed E-state index contributed by atoms with van der Waals surface area (Å²) in [6.07, 6.45) is 2.73. The predicted molar refractivity (Wildman–Crippen MR) is 118 cm³/mol. The third-order valence-corrected chi connectivity index (χ3v) is 5.69. The highest BCUT2D eigenvalue weighted by molar-refractivity contribution is 5.79. The summed E-state index contributed by atoms with van der Waals surface area (Å²) in [5.74, 6) is 1.76. The number of morpholine rings is 1. The molecule has 2 N–H and O–H groups in total. The van der Waals surface area contributed by atoms with Gasteiger partial charge in [-0.05, 0) is 57.6 Å². The topological polar surface area (TPSA) is 61.4 Å². The molecule has 0 spiro atoms. The van der Waals surface area contributed by atoms with Crippen LogP contribution in [0.1, 0.15) is 31.4 Å². The van der Waals surface area contributed by atoms with E-state index in [1.165, 1.54) is 18.4 Å². The number of methoxy groups -OCH3 is 1. The molecule has 0 bridgehead atoms. The Morgan fingerprint density at radius 1 is 1.21 bits per heavy atom. The Labute approximate surface area is 175 Å². The van der Waals surface area contributed by atoms with Crippen molar-refractivity contribution in [2.45, 2.75) is 31.9 Å². The molecule has 2 fully saturated rings. The van der Waals surface area contributed by atoms with Crippen LogP contribution in [0.15, 0.2) is 29.3 Å². The van der Waals surface area contributed by atoms with Crippen LogP contribution in [0.4, 0.5) is 0 Å². The molecule has 2 unspecified atom stereocenters. The van der Waals surface area contributed by atoms with E-state index < -0.39 is 0 Å². The van der Waals surface area contributed by atoms with Gasteiger partial charge in [0.05, 0.1) is 32.4 Å². The van der Waals surface area contributed by atoms with Gasteiger partial charge < -0.3 is 25.0 Å². The lowest BCUT2D eigenvalue weighted by Crippen LogP contribution is -2.48. The van der Waals surface area contributed by atoms with E-state index in [4.69, 9.17) is 14.5 Å². The molecule has 0 radical (unpaired) electrons. The highest BCUT2D eigenvalue weighted by Gasteiger charge is 2.24. The first kappa shape index (κ1) is 21.9. The van der Waals surface area contributed by atoms with Crippen molar-refractivity contribution < 1.29 is 9.47 Å². The monoisotopic (exact) mass is 403 g/mol. The molecular weight excluding hydrogens is 366 g/mol. The lowest BCUT2D eigenvalue weighted by molar-refractivity contribution is -0.0161. The normalized spacial score (nSPS) is 22.4. The molecule has 1 aromatic carbocycles. The standard InChI is InChI=1S/C22H37N5O2/c1-4-23-22(24-15-20-17-26(2)13-14-29-20)25-16-21(27-11-5-6-12-27)18-7-9-19(28-3)10-8-18/h7-10,20-21H,4-6,11-17H2,1-3H3,(H2,23,24,25). The van der Waals surface area contributed by atoms with Gasteiger partial charge in [-0.3, -0.25) is 9.89 Å². The fourth-order valence-electron chi connectivity index (χ4n) is 4.03. The average molecular weight is 404 g/mol. The van der Waals surface area contributed by atoms with Crippen LogP contribution in [0.5, 0.6) is 5.75 Å². The fraction of sp³-hybridized carbons (Fsp3) is 0.682. The van der Waals surface area contributed by atoms with Gasteiger partial charge in [-0.25, -0.2) is 0 Å². The maximum absolute atomic E-state index is 5.87. The molecular formula is C22H37N5O2. The minimum atomic E-state index is 0.202. The number of likely N-dealkylation sites (N-methyl/N-ethyl adjacent to an activating group) is 1. The van der Waals surface area contributed by atoms with Crippen LogP contribution in [-0.4, -0.2) is 88.4 Å². The number of benzene rings is 1. The van der Waals surface area contributed by atoms with Crippen molar-refractivity contribution in [1.82, 2.24) is 20.4 Å². The smallest absolute Gasteiger partial charge is 0.191 e. The number of ether oxygens (including phenoxy) is 2. The molecule has 2 saturated heterocycles. The van der Waals surface area contributed by atoms with E-state index in [9.17, 15) is 0 Å². The molecule has 7 heteroatoms. The third kappa shape index (κ3) is 6.59. The van der Waals surface area contributed by atoms with Crippen molar-refractivity contribution in [3.8, 4) is 5.75 Å². The third-order valence-electron chi connectivity index (χ3n) is 5.69. The van der Waals surface area contributed by atoms with Gasteiger partial charge in [0, 0.05) is 26.2 Å². The van der Waals surface area contributed by atoms with E-state index in [-0.39, 0.29) is 12.1 Å². The molecule has 3 rings (SSSR count). The maximum atomic E-state index is 5.87. The molecule has 29 heavy (non-hydrogen) atoms. The summed E-state index contributed by atoms with van der Waals surface area (Å²) in [5, 5.41) is 6.86. The Hall–Kier alpha value is -1.83. The zero-order chi connectivity index (χ0) is 20.5. The first-order valence-electron chi connectivity index (χ1n) is 10.9. The number of hydrogen-bond acceptors (Lipinski definition) is 5. The Kier molecular flexibility index (Phi) is 8.58. The van der Waals surface area contributed by atoms with Crippen molar-refractivity contribution in [1.29, 1.82) is 0 Å². The molecule has 0 amide bonds. The molecule has 0 saturated carbocycles. The van der Waals surface area contributed by atoms with Crippen LogP contribution in [0.25, 0.3) is 0 Å². The summed E-state index contributed by atoms with van der Waals surface area (Å²) in [4.78, 5) is 9.80. The molecule has 0 aromatic heterocycles. The second kappa shape index (κ2) is 11.4. The van der Waals surface area contributed by atoms with Crippen LogP contribution in [-0.2, 0) is 4.74 Å². The second-order valence-corrected chi connectivity index (χ2v) is 7.89. The molecule has 2 aliphatic heterocycles. The molecule has 2 aliphatic rings. The first-order chi connectivity index (χ1) is 14.2. The van der Waals surface area contributed by atoms with E-state index in [0.717, 1.165) is 64.1 Å². The Balaban J connectivity index is 1.65. The van der Waals surface area contributed by atoms with Crippen molar-refractivity contribution in [2.24, 2.45) is 4.99 Å². The highest BCUT2D eigenvalue weighted by Crippen LogP contribution is 2.27. The summed E-state index contributed by atoms with van der Waals surface area (Å²) in [5.41, 5.74) is 1.30. The first-order valence-corrected chi connectivity index (χ1v) is 10.9. The van der Waals surface area contributed by atoms with Crippen molar-refractivity contribution in [3.05, 3.63) is 29.8 Å². The SMILES string of the molecule is CCNC(=NCC(c1ccc(OC)cc1)N1CCCC1)NCC1CN(C)CCO1. The lowest BCUT2D eigenvalue weighted by atomic mass is 10.1. The largest absolute Gasteiger partial charge is 0.497 e. The van der Waals surface area contributed by atoms with Gasteiger partial charge in [-0.2, -0.15) is 0 Å². The van der Waals surface area contributed by atoms with E-state index in [1.807, 2.05) is 12.1 Å². The quantitative estimate of drug-likeness (QED) is 0.509. The molecule has 2 atom stereocenters. The van der Waals surface area contributed by atoms with Gasteiger partial charge in [-0.1, -0.05) is 12.1 Å². The van der Waals surface area contributed by atoms with Crippen LogP contribution >= 0.6 is 0 Å². The van der Waals surface area contributed by atoms with E-state index in [2.05, 4.69) is 46.5 Å². The van der Waals surface area contributed by atoms with Gasteiger partial charge >= 0.3 is 0 Å². The van der Waals surface area contributed by atoms with Gasteiger partial charge in [0.25, 0.3) is 0 Å². The highest BCUT2D eigenvalue weighted by atomic mass is 16.5. The molecule has 0 aliphatic carbocycles. The summed E-state index contributed by atoms with van der Waals surface area (Å²) in [7, 11) is 3.85. The second-order valence-electron chi connectivity index (χ2n) is 7.89.